The first-order valence-electron chi connectivity index (χ1n) is 5.52. The number of sulfone groups is 1. The predicted molar refractivity (Wildman–Crippen MR) is 69.8 cm³/mol. The van der Waals surface area contributed by atoms with Crippen LogP contribution in [0.1, 0.15) is 0 Å². The van der Waals surface area contributed by atoms with Crippen LogP contribution in [-0.2, 0) is 9.84 Å². The summed E-state index contributed by atoms with van der Waals surface area (Å²) >= 11 is 0. The van der Waals surface area contributed by atoms with Crippen LogP contribution in [0.15, 0.2) is 47.6 Å². The molecule has 0 saturated heterocycles. The van der Waals surface area contributed by atoms with Gasteiger partial charge in [0.05, 0.1) is 28.4 Å². The van der Waals surface area contributed by atoms with E-state index in [2.05, 4.69) is 15.3 Å². The van der Waals surface area contributed by atoms with Gasteiger partial charge in [-0.1, -0.05) is 18.2 Å². The zero-order chi connectivity index (χ0) is 13.5. The van der Waals surface area contributed by atoms with Crippen molar-refractivity contribution in [3.05, 3.63) is 42.7 Å². The second-order valence-electron chi connectivity index (χ2n) is 4.11. The highest BCUT2D eigenvalue weighted by molar-refractivity contribution is 7.91. The third kappa shape index (κ3) is 1.97. The minimum absolute atomic E-state index is 0.139. The average molecular weight is 274 g/mol. The van der Waals surface area contributed by atoms with Crippen molar-refractivity contribution in [3.8, 4) is 5.69 Å². The van der Waals surface area contributed by atoms with Crippen molar-refractivity contribution in [3.63, 3.8) is 0 Å². The van der Waals surface area contributed by atoms with Gasteiger partial charge in [0.15, 0.2) is 15.5 Å². The van der Waals surface area contributed by atoms with Gasteiger partial charge < -0.3 is 0 Å². The highest BCUT2D eigenvalue weighted by atomic mass is 32.2. The van der Waals surface area contributed by atoms with Crippen LogP contribution >= 0.6 is 0 Å². The highest BCUT2D eigenvalue weighted by Gasteiger charge is 2.17. The Bertz CT molecular complexity index is 841. The monoisotopic (exact) mass is 274 g/mol. The molecule has 3 aromatic rings. The topological polar surface area (TPSA) is 77.7 Å². The molecule has 0 atom stereocenters. The molecule has 0 radical (unpaired) electrons. The Hall–Kier alpha value is -2.28. The molecule has 0 amide bonds. The lowest BCUT2D eigenvalue weighted by Crippen LogP contribution is -2.02. The van der Waals surface area contributed by atoms with Crippen molar-refractivity contribution in [2.75, 3.05) is 6.26 Å². The molecular formula is C12H10N4O2S. The second kappa shape index (κ2) is 4.13. The fraction of sp³-hybridized carbons (Fsp3) is 0.0833. The Labute approximate surface area is 109 Å². The standard InChI is InChI=1S/C12H10N4O2S/c1-19(17,18)11-8-13-15-12-10(11)7-14-16(12)9-5-3-2-4-6-9/h2-8H,1H3. The highest BCUT2D eigenvalue weighted by Crippen LogP contribution is 2.21. The second-order valence-corrected chi connectivity index (χ2v) is 6.09. The summed E-state index contributed by atoms with van der Waals surface area (Å²) in [6.07, 6.45) is 3.88. The maximum Gasteiger partial charge on any atom is 0.186 e. The third-order valence-electron chi connectivity index (χ3n) is 2.74. The van der Waals surface area contributed by atoms with E-state index in [0.29, 0.717) is 11.0 Å². The molecule has 0 fully saturated rings. The maximum atomic E-state index is 11.7. The molecule has 2 aromatic heterocycles. The molecule has 0 aliphatic heterocycles. The molecule has 0 bridgehead atoms. The lowest BCUT2D eigenvalue weighted by molar-refractivity contribution is 0.602. The van der Waals surface area contributed by atoms with Gasteiger partial charge in [-0.3, -0.25) is 0 Å². The number of hydrogen-bond acceptors (Lipinski definition) is 5. The molecule has 0 aliphatic carbocycles. The van der Waals surface area contributed by atoms with Crippen molar-refractivity contribution < 1.29 is 8.42 Å². The van der Waals surface area contributed by atoms with E-state index in [-0.39, 0.29) is 4.90 Å². The number of rotatable bonds is 2. The van der Waals surface area contributed by atoms with E-state index in [1.165, 1.54) is 12.4 Å². The molecule has 7 heteroatoms. The summed E-state index contributed by atoms with van der Waals surface area (Å²) < 4.78 is 24.9. The molecule has 6 nitrogen and oxygen atoms in total. The van der Waals surface area contributed by atoms with Gasteiger partial charge in [0.2, 0.25) is 0 Å². The van der Waals surface area contributed by atoms with Crippen LogP contribution in [-0.4, -0.2) is 34.7 Å². The summed E-state index contributed by atoms with van der Waals surface area (Å²) in [6, 6.07) is 9.36. The number of para-hydroxylation sites is 1. The van der Waals surface area contributed by atoms with E-state index in [9.17, 15) is 8.42 Å². The van der Waals surface area contributed by atoms with Crippen LogP contribution < -0.4 is 0 Å². The van der Waals surface area contributed by atoms with Crippen molar-refractivity contribution in [2.24, 2.45) is 0 Å². The van der Waals surface area contributed by atoms with Crippen molar-refractivity contribution >= 4 is 20.9 Å². The Kier molecular flexibility index (Phi) is 2.56. The summed E-state index contributed by atoms with van der Waals surface area (Å²) in [4.78, 5) is 0.139. The van der Waals surface area contributed by atoms with Gasteiger partial charge in [0.1, 0.15) is 0 Å². The Balaban J connectivity index is 2.32. The zero-order valence-electron chi connectivity index (χ0n) is 10.1. The molecule has 2 heterocycles. The first kappa shape index (κ1) is 11.8. The zero-order valence-corrected chi connectivity index (χ0v) is 10.9. The SMILES string of the molecule is CS(=O)(=O)c1cnnc2c1cnn2-c1ccccc1. The van der Waals surface area contributed by atoms with Gasteiger partial charge >= 0.3 is 0 Å². The van der Waals surface area contributed by atoms with Gasteiger partial charge in [-0.15, -0.1) is 5.10 Å². The van der Waals surface area contributed by atoms with Crippen molar-refractivity contribution in [1.29, 1.82) is 0 Å². The van der Waals surface area contributed by atoms with Gasteiger partial charge in [-0.05, 0) is 12.1 Å². The molecule has 1 aromatic carbocycles. The average Bonchev–Trinajstić information content (AvgIpc) is 2.82. The van der Waals surface area contributed by atoms with Gasteiger partial charge in [-0.25, -0.2) is 13.1 Å². The van der Waals surface area contributed by atoms with Gasteiger partial charge in [-0.2, -0.15) is 10.2 Å². The normalized spacial score (nSPS) is 11.8. The number of aromatic nitrogens is 4. The lowest BCUT2D eigenvalue weighted by Gasteiger charge is -2.02. The van der Waals surface area contributed by atoms with Crippen molar-refractivity contribution in [1.82, 2.24) is 20.0 Å². The van der Waals surface area contributed by atoms with E-state index in [4.69, 9.17) is 0 Å². The molecule has 0 unspecified atom stereocenters. The summed E-state index contributed by atoms with van der Waals surface area (Å²) in [5.41, 5.74) is 1.23. The van der Waals surface area contributed by atoms with E-state index < -0.39 is 9.84 Å². The van der Waals surface area contributed by atoms with Gasteiger partial charge in [0, 0.05) is 6.26 Å². The van der Waals surface area contributed by atoms with Crippen LogP contribution in [0.2, 0.25) is 0 Å². The van der Waals surface area contributed by atoms with Crippen LogP contribution in [0.25, 0.3) is 16.7 Å². The summed E-state index contributed by atoms with van der Waals surface area (Å²) in [7, 11) is -3.35. The number of hydrogen-bond donors (Lipinski definition) is 0. The summed E-state index contributed by atoms with van der Waals surface area (Å²) in [6.45, 7) is 0. The molecule has 3 rings (SSSR count). The Morgan fingerprint density at radius 2 is 1.84 bits per heavy atom. The molecule has 0 spiro atoms. The number of fused-ring (bicyclic) bond motifs is 1. The fourth-order valence-electron chi connectivity index (χ4n) is 1.87. The van der Waals surface area contributed by atoms with Crippen LogP contribution in [0.5, 0.6) is 0 Å². The Morgan fingerprint density at radius 3 is 2.53 bits per heavy atom. The number of benzene rings is 1. The summed E-state index contributed by atoms with van der Waals surface area (Å²) in [5, 5.41) is 12.4. The maximum absolute atomic E-state index is 11.7. The molecular weight excluding hydrogens is 264 g/mol. The summed E-state index contributed by atoms with van der Waals surface area (Å²) in [5.74, 6) is 0. The van der Waals surface area contributed by atoms with Crippen LogP contribution in [0, 0.1) is 0 Å². The number of nitrogens with zero attached hydrogens (tertiary/aromatic N) is 4. The first-order chi connectivity index (χ1) is 9.07. The minimum atomic E-state index is -3.35. The van der Waals surface area contributed by atoms with Crippen molar-refractivity contribution in [2.45, 2.75) is 4.90 Å². The van der Waals surface area contributed by atoms with E-state index in [0.717, 1.165) is 11.9 Å². The van der Waals surface area contributed by atoms with Crippen LogP contribution in [0.4, 0.5) is 0 Å². The lowest BCUT2D eigenvalue weighted by atomic mass is 10.3. The smallest absolute Gasteiger partial charge is 0.186 e. The van der Waals surface area contributed by atoms with Gasteiger partial charge in [0.25, 0.3) is 0 Å². The van der Waals surface area contributed by atoms with Crippen LogP contribution in [0.3, 0.4) is 0 Å². The predicted octanol–water partition coefficient (Wildman–Crippen LogP) is 1.22. The molecule has 19 heavy (non-hydrogen) atoms. The largest absolute Gasteiger partial charge is 0.224 e. The molecule has 0 N–H and O–H groups in total. The Morgan fingerprint density at radius 1 is 1.11 bits per heavy atom. The van der Waals surface area contributed by atoms with E-state index in [1.54, 1.807) is 4.68 Å². The van der Waals surface area contributed by atoms with E-state index >= 15 is 0 Å². The first-order valence-corrected chi connectivity index (χ1v) is 7.41. The quantitative estimate of drug-likeness (QED) is 0.702. The molecule has 0 aliphatic rings. The van der Waals surface area contributed by atoms with E-state index in [1.807, 2.05) is 30.3 Å². The fourth-order valence-corrected chi connectivity index (χ4v) is 2.65. The third-order valence-corrected chi connectivity index (χ3v) is 3.86. The molecule has 0 saturated carbocycles. The minimum Gasteiger partial charge on any atom is -0.224 e. The molecule has 96 valence electrons.